The number of nitro benzene ring substituents is 1. The molecule has 11 heteroatoms. The van der Waals surface area contributed by atoms with Gasteiger partial charge in [-0.1, -0.05) is 11.6 Å². The smallest absolute Gasteiger partial charge is 0.334 e. The van der Waals surface area contributed by atoms with Crippen LogP contribution < -0.4 is 11.1 Å². The van der Waals surface area contributed by atoms with Crippen LogP contribution >= 0.6 is 11.6 Å². The first-order valence-corrected chi connectivity index (χ1v) is 8.67. The highest BCUT2D eigenvalue weighted by Crippen LogP contribution is 2.23. The van der Waals surface area contributed by atoms with Crippen molar-refractivity contribution >= 4 is 40.5 Å². The first-order chi connectivity index (χ1) is 14.0. The molecule has 0 aliphatic rings. The van der Waals surface area contributed by atoms with Crippen molar-refractivity contribution in [3.8, 4) is 11.4 Å². The van der Waals surface area contributed by atoms with Gasteiger partial charge in [-0.25, -0.2) is 9.78 Å². The van der Waals surface area contributed by atoms with Crippen molar-refractivity contribution < 1.29 is 4.92 Å². The molecule has 0 atom stereocenters. The highest BCUT2D eigenvalue weighted by molar-refractivity contribution is 6.30. The van der Waals surface area contributed by atoms with E-state index < -0.39 is 10.6 Å². The van der Waals surface area contributed by atoms with Gasteiger partial charge in [0, 0.05) is 22.7 Å². The SMILES string of the molecule is O=c1nc(N/N=C/c2ccc([N+](=O)[O-])cc2)c2[nH]c(-c3ccc(Cl)cc3)nc2[nH]1. The summed E-state index contributed by atoms with van der Waals surface area (Å²) in [6.45, 7) is 0. The molecule has 4 rings (SSSR count). The van der Waals surface area contributed by atoms with Crippen molar-refractivity contribution in [2.45, 2.75) is 0 Å². The molecule has 0 aliphatic carbocycles. The van der Waals surface area contributed by atoms with E-state index in [1.807, 2.05) is 0 Å². The molecular formula is C18H12ClN7O3. The van der Waals surface area contributed by atoms with Crippen molar-refractivity contribution in [3.63, 3.8) is 0 Å². The maximum Gasteiger partial charge on any atom is 0.348 e. The fraction of sp³-hybridized carbons (Fsp3) is 0. The zero-order valence-electron chi connectivity index (χ0n) is 14.6. The molecule has 2 aromatic heterocycles. The number of imidazole rings is 1. The number of fused-ring (bicyclic) bond motifs is 1. The second-order valence-electron chi connectivity index (χ2n) is 5.93. The third-order valence-corrected chi connectivity index (χ3v) is 4.24. The van der Waals surface area contributed by atoms with E-state index in [4.69, 9.17) is 11.6 Å². The van der Waals surface area contributed by atoms with Gasteiger partial charge in [0.25, 0.3) is 5.69 Å². The van der Waals surface area contributed by atoms with E-state index in [1.54, 1.807) is 36.4 Å². The highest BCUT2D eigenvalue weighted by Gasteiger charge is 2.12. The number of hydrogen-bond donors (Lipinski definition) is 3. The number of hydrogen-bond acceptors (Lipinski definition) is 7. The molecule has 0 amide bonds. The Morgan fingerprint density at radius 2 is 1.79 bits per heavy atom. The van der Waals surface area contributed by atoms with Crippen molar-refractivity contribution in [2.75, 3.05) is 5.43 Å². The molecule has 3 N–H and O–H groups in total. The molecule has 0 spiro atoms. The molecule has 4 aromatic rings. The van der Waals surface area contributed by atoms with Crippen molar-refractivity contribution in [3.05, 3.63) is 79.7 Å². The van der Waals surface area contributed by atoms with E-state index in [0.717, 1.165) is 5.56 Å². The highest BCUT2D eigenvalue weighted by atomic mass is 35.5. The van der Waals surface area contributed by atoms with Crippen LogP contribution in [0.1, 0.15) is 5.56 Å². The Bertz CT molecular complexity index is 1280. The Hall–Kier alpha value is -4.05. The van der Waals surface area contributed by atoms with Crippen molar-refractivity contribution in [1.29, 1.82) is 0 Å². The van der Waals surface area contributed by atoms with E-state index in [9.17, 15) is 14.9 Å². The minimum atomic E-state index is -0.584. The van der Waals surface area contributed by atoms with E-state index in [0.29, 0.717) is 27.6 Å². The normalized spacial score (nSPS) is 11.2. The van der Waals surface area contributed by atoms with Gasteiger partial charge in [0.2, 0.25) is 0 Å². The number of rotatable bonds is 5. The molecule has 0 saturated carbocycles. The second kappa shape index (κ2) is 7.52. The molecular weight excluding hydrogens is 398 g/mol. The van der Waals surface area contributed by atoms with Crippen molar-refractivity contribution in [1.82, 2.24) is 19.9 Å². The standard InChI is InChI=1S/C18H12ClN7O3/c19-12-5-3-11(4-6-12)15-21-14-16(22-15)23-18(27)24-17(14)25-20-9-10-1-7-13(8-2-10)26(28)29/h1-9H,(H3,21,22,23,24,25,27)/b20-9+. The third-order valence-electron chi connectivity index (χ3n) is 3.98. The molecule has 2 aromatic carbocycles. The number of halogens is 1. The number of aromatic amines is 2. The quantitative estimate of drug-likeness (QED) is 0.262. The van der Waals surface area contributed by atoms with Crippen LogP contribution in [0.25, 0.3) is 22.6 Å². The first kappa shape index (κ1) is 18.3. The Morgan fingerprint density at radius 3 is 2.48 bits per heavy atom. The lowest BCUT2D eigenvalue weighted by atomic mass is 10.2. The van der Waals surface area contributed by atoms with Crippen LogP contribution in [-0.4, -0.2) is 31.1 Å². The number of non-ortho nitro benzene ring substituents is 1. The summed E-state index contributed by atoms with van der Waals surface area (Å²) in [7, 11) is 0. The van der Waals surface area contributed by atoms with Crippen LogP contribution in [0, 0.1) is 10.1 Å². The molecule has 0 fully saturated rings. The number of anilines is 1. The molecule has 0 aliphatic heterocycles. The van der Waals surface area contributed by atoms with E-state index >= 15 is 0 Å². The number of benzene rings is 2. The second-order valence-corrected chi connectivity index (χ2v) is 6.36. The summed E-state index contributed by atoms with van der Waals surface area (Å²) in [6, 6.07) is 12.9. The summed E-state index contributed by atoms with van der Waals surface area (Å²) in [5, 5.41) is 15.3. The molecule has 0 unspecified atom stereocenters. The van der Waals surface area contributed by atoms with Gasteiger partial charge in [0.05, 0.1) is 11.1 Å². The molecule has 0 saturated heterocycles. The van der Waals surface area contributed by atoms with Gasteiger partial charge in [0.15, 0.2) is 11.5 Å². The van der Waals surface area contributed by atoms with Crippen LogP contribution in [0.3, 0.4) is 0 Å². The number of hydrazone groups is 1. The number of nitrogens with one attached hydrogen (secondary N) is 3. The third kappa shape index (κ3) is 3.96. The Morgan fingerprint density at radius 1 is 1.07 bits per heavy atom. The minimum Gasteiger partial charge on any atom is -0.334 e. The van der Waals surface area contributed by atoms with Crippen LogP contribution in [0.15, 0.2) is 58.4 Å². The van der Waals surface area contributed by atoms with Gasteiger partial charge in [-0.15, -0.1) is 0 Å². The number of aromatic nitrogens is 4. The van der Waals surface area contributed by atoms with E-state index in [2.05, 4.69) is 30.5 Å². The maximum atomic E-state index is 11.8. The first-order valence-electron chi connectivity index (χ1n) is 8.29. The summed E-state index contributed by atoms with van der Waals surface area (Å²) in [4.78, 5) is 36.0. The molecule has 0 radical (unpaired) electrons. The topological polar surface area (TPSA) is 142 Å². The fourth-order valence-corrected chi connectivity index (χ4v) is 2.72. The molecule has 0 bridgehead atoms. The van der Waals surface area contributed by atoms with E-state index in [-0.39, 0.29) is 11.5 Å². The van der Waals surface area contributed by atoms with Gasteiger partial charge in [0.1, 0.15) is 11.3 Å². The Kier molecular flexibility index (Phi) is 4.75. The number of H-pyrrole nitrogens is 2. The van der Waals surface area contributed by atoms with Crippen LogP contribution in [0.5, 0.6) is 0 Å². The fourth-order valence-electron chi connectivity index (χ4n) is 2.60. The maximum absolute atomic E-state index is 11.8. The summed E-state index contributed by atoms with van der Waals surface area (Å²) in [5.41, 5.74) is 4.31. The number of nitrogens with zero attached hydrogens (tertiary/aromatic N) is 4. The van der Waals surface area contributed by atoms with Crippen LogP contribution in [0.2, 0.25) is 5.02 Å². The average molecular weight is 410 g/mol. The Balaban J connectivity index is 1.62. The summed E-state index contributed by atoms with van der Waals surface area (Å²) in [6.07, 6.45) is 1.45. The molecule has 144 valence electrons. The largest absolute Gasteiger partial charge is 0.348 e. The molecule has 2 heterocycles. The zero-order valence-corrected chi connectivity index (χ0v) is 15.3. The summed E-state index contributed by atoms with van der Waals surface area (Å²) < 4.78 is 0. The van der Waals surface area contributed by atoms with Gasteiger partial charge in [-0.3, -0.25) is 20.5 Å². The summed E-state index contributed by atoms with van der Waals surface area (Å²) in [5.74, 6) is 0.720. The lowest BCUT2D eigenvalue weighted by Gasteiger charge is -2.00. The van der Waals surface area contributed by atoms with Gasteiger partial charge in [-0.05, 0) is 42.0 Å². The monoisotopic (exact) mass is 409 g/mol. The molecule has 29 heavy (non-hydrogen) atoms. The zero-order chi connectivity index (χ0) is 20.4. The minimum absolute atomic E-state index is 0.0136. The van der Waals surface area contributed by atoms with Gasteiger partial charge in [-0.2, -0.15) is 10.1 Å². The van der Waals surface area contributed by atoms with Crippen LogP contribution in [-0.2, 0) is 0 Å². The van der Waals surface area contributed by atoms with Crippen LogP contribution in [0.4, 0.5) is 11.5 Å². The van der Waals surface area contributed by atoms with E-state index in [1.165, 1.54) is 18.3 Å². The predicted molar refractivity (Wildman–Crippen MR) is 109 cm³/mol. The number of nitro groups is 1. The Labute approximate surface area is 167 Å². The molecule has 10 nitrogen and oxygen atoms in total. The van der Waals surface area contributed by atoms with Crippen molar-refractivity contribution in [2.24, 2.45) is 5.10 Å². The van der Waals surface area contributed by atoms with Gasteiger partial charge >= 0.3 is 5.69 Å². The lowest BCUT2D eigenvalue weighted by molar-refractivity contribution is -0.384. The average Bonchev–Trinajstić information content (AvgIpc) is 3.13. The summed E-state index contributed by atoms with van der Waals surface area (Å²) >= 11 is 5.91. The predicted octanol–water partition coefficient (Wildman–Crippen LogP) is 3.32. The van der Waals surface area contributed by atoms with Gasteiger partial charge < -0.3 is 4.98 Å². The lowest BCUT2D eigenvalue weighted by Crippen LogP contribution is -2.12.